The van der Waals surface area contributed by atoms with E-state index in [2.05, 4.69) is 10.6 Å². The molecule has 0 spiro atoms. The standard InChI is InChI=1S/C10H16N2OS/c1-7-4-5-14-9(7)10(13)12-6-8(2)11-3/h4-5,8,11H,6H2,1-3H3,(H,12,13). The van der Waals surface area contributed by atoms with Gasteiger partial charge in [-0.25, -0.2) is 0 Å². The molecule has 0 bridgehead atoms. The lowest BCUT2D eigenvalue weighted by molar-refractivity contribution is 0.0954. The van der Waals surface area contributed by atoms with Crippen molar-refractivity contribution < 1.29 is 4.79 Å². The Kier molecular flexibility index (Phi) is 4.10. The monoisotopic (exact) mass is 212 g/mol. The Hall–Kier alpha value is -0.870. The van der Waals surface area contributed by atoms with Crippen molar-refractivity contribution in [2.75, 3.05) is 13.6 Å². The lowest BCUT2D eigenvalue weighted by Gasteiger charge is -2.10. The van der Waals surface area contributed by atoms with Gasteiger partial charge in [0.05, 0.1) is 4.88 Å². The molecule has 1 amide bonds. The number of hydrogen-bond acceptors (Lipinski definition) is 3. The minimum Gasteiger partial charge on any atom is -0.350 e. The highest BCUT2D eigenvalue weighted by molar-refractivity contribution is 7.12. The Morgan fingerprint density at radius 1 is 1.64 bits per heavy atom. The van der Waals surface area contributed by atoms with Crippen LogP contribution in [0.25, 0.3) is 0 Å². The maximum atomic E-state index is 11.6. The summed E-state index contributed by atoms with van der Waals surface area (Å²) in [6.07, 6.45) is 0. The molecule has 14 heavy (non-hydrogen) atoms. The summed E-state index contributed by atoms with van der Waals surface area (Å²) in [5.74, 6) is 0.0274. The smallest absolute Gasteiger partial charge is 0.261 e. The number of thiophene rings is 1. The summed E-state index contributed by atoms with van der Waals surface area (Å²) in [6.45, 7) is 4.64. The molecule has 78 valence electrons. The average molecular weight is 212 g/mol. The maximum absolute atomic E-state index is 11.6. The van der Waals surface area contributed by atoms with Crippen LogP contribution in [0, 0.1) is 6.92 Å². The van der Waals surface area contributed by atoms with Gasteiger partial charge in [-0.2, -0.15) is 0 Å². The summed E-state index contributed by atoms with van der Waals surface area (Å²) < 4.78 is 0. The van der Waals surface area contributed by atoms with Crippen molar-refractivity contribution in [2.24, 2.45) is 0 Å². The molecule has 0 aliphatic heterocycles. The van der Waals surface area contributed by atoms with E-state index < -0.39 is 0 Å². The molecular formula is C10H16N2OS. The number of rotatable bonds is 4. The van der Waals surface area contributed by atoms with Crippen LogP contribution in [0.2, 0.25) is 0 Å². The van der Waals surface area contributed by atoms with Gasteiger partial charge in [-0.1, -0.05) is 0 Å². The predicted octanol–water partition coefficient (Wildman–Crippen LogP) is 1.39. The minimum atomic E-state index is 0.0274. The Morgan fingerprint density at radius 3 is 2.86 bits per heavy atom. The van der Waals surface area contributed by atoms with E-state index in [1.54, 1.807) is 0 Å². The van der Waals surface area contributed by atoms with Gasteiger partial charge in [0.1, 0.15) is 0 Å². The van der Waals surface area contributed by atoms with Crippen molar-refractivity contribution in [2.45, 2.75) is 19.9 Å². The van der Waals surface area contributed by atoms with Crippen molar-refractivity contribution in [1.29, 1.82) is 0 Å². The van der Waals surface area contributed by atoms with Gasteiger partial charge in [0, 0.05) is 12.6 Å². The first-order valence-electron chi connectivity index (χ1n) is 4.64. The van der Waals surface area contributed by atoms with E-state index in [0.29, 0.717) is 12.6 Å². The Balaban J connectivity index is 2.47. The number of nitrogens with one attached hydrogen (secondary N) is 2. The highest BCUT2D eigenvalue weighted by atomic mass is 32.1. The summed E-state index contributed by atoms with van der Waals surface area (Å²) in [6, 6.07) is 2.26. The molecule has 0 radical (unpaired) electrons. The van der Waals surface area contributed by atoms with Crippen LogP contribution in [-0.2, 0) is 0 Å². The molecule has 0 fully saturated rings. The number of aryl methyl sites for hydroxylation is 1. The molecule has 2 N–H and O–H groups in total. The second kappa shape index (κ2) is 5.12. The summed E-state index contributed by atoms with van der Waals surface area (Å²) in [4.78, 5) is 12.4. The molecule has 0 aliphatic carbocycles. The number of amides is 1. The van der Waals surface area contributed by atoms with Crippen LogP contribution < -0.4 is 10.6 Å². The van der Waals surface area contributed by atoms with Crippen molar-refractivity contribution in [1.82, 2.24) is 10.6 Å². The lowest BCUT2D eigenvalue weighted by Crippen LogP contribution is -2.37. The Morgan fingerprint density at radius 2 is 2.36 bits per heavy atom. The minimum absolute atomic E-state index is 0.0274. The molecule has 1 aromatic rings. The fourth-order valence-electron chi connectivity index (χ4n) is 1.03. The van der Waals surface area contributed by atoms with Gasteiger partial charge in [-0.05, 0) is 37.9 Å². The van der Waals surface area contributed by atoms with Gasteiger partial charge < -0.3 is 10.6 Å². The van der Waals surface area contributed by atoms with Gasteiger partial charge in [0.25, 0.3) is 5.91 Å². The van der Waals surface area contributed by atoms with E-state index in [0.717, 1.165) is 10.4 Å². The van der Waals surface area contributed by atoms with Crippen LogP contribution >= 0.6 is 11.3 Å². The van der Waals surface area contributed by atoms with E-state index in [4.69, 9.17) is 0 Å². The zero-order chi connectivity index (χ0) is 10.6. The molecule has 1 atom stereocenters. The summed E-state index contributed by atoms with van der Waals surface area (Å²) >= 11 is 1.48. The number of hydrogen-bond donors (Lipinski definition) is 2. The van der Waals surface area contributed by atoms with Crippen LogP contribution in [0.4, 0.5) is 0 Å². The topological polar surface area (TPSA) is 41.1 Å². The normalized spacial score (nSPS) is 12.5. The second-order valence-corrected chi connectivity index (χ2v) is 4.25. The van der Waals surface area contributed by atoms with Crippen molar-refractivity contribution in [3.63, 3.8) is 0 Å². The Bertz CT molecular complexity index is 309. The largest absolute Gasteiger partial charge is 0.350 e. The summed E-state index contributed by atoms with van der Waals surface area (Å²) in [5, 5.41) is 7.89. The molecule has 0 aromatic carbocycles. The van der Waals surface area contributed by atoms with Crippen LogP contribution in [0.1, 0.15) is 22.2 Å². The molecule has 1 unspecified atom stereocenters. The van der Waals surface area contributed by atoms with Crippen LogP contribution in [0.3, 0.4) is 0 Å². The number of carbonyl (C=O) groups excluding carboxylic acids is 1. The number of likely N-dealkylation sites (N-methyl/N-ethyl adjacent to an activating group) is 1. The van der Waals surface area contributed by atoms with Gasteiger partial charge in [0.2, 0.25) is 0 Å². The molecule has 1 heterocycles. The third-order valence-corrected chi connectivity index (χ3v) is 3.15. The van der Waals surface area contributed by atoms with Gasteiger partial charge in [0.15, 0.2) is 0 Å². The number of carbonyl (C=O) groups is 1. The van der Waals surface area contributed by atoms with E-state index in [1.807, 2.05) is 32.3 Å². The molecule has 0 saturated heterocycles. The van der Waals surface area contributed by atoms with Crippen LogP contribution in [0.5, 0.6) is 0 Å². The van der Waals surface area contributed by atoms with Gasteiger partial charge in [-0.15, -0.1) is 11.3 Å². The quantitative estimate of drug-likeness (QED) is 0.792. The van der Waals surface area contributed by atoms with Gasteiger partial charge in [-0.3, -0.25) is 4.79 Å². The van der Waals surface area contributed by atoms with E-state index >= 15 is 0 Å². The van der Waals surface area contributed by atoms with E-state index in [1.165, 1.54) is 11.3 Å². The Labute approximate surface area is 88.5 Å². The molecular weight excluding hydrogens is 196 g/mol. The first kappa shape index (κ1) is 11.2. The molecule has 1 rings (SSSR count). The third kappa shape index (κ3) is 2.82. The van der Waals surface area contributed by atoms with Crippen molar-refractivity contribution in [3.8, 4) is 0 Å². The summed E-state index contributed by atoms with van der Waals surface area (Å²) in [5.41, 5.74) is 1.05. The second-order valence-electron chi connectivity index (χ2n) is 3.33. The molecule has 0 aliphatic rings. The SMILES string of the molecule is CNC(C)CNC(=O)c1sccc1C. The molecule has 1 aromatic heterocycles. The molecule has 3 nitrogen and oxygen atoms in total. The van der Waals surface area contributed by atoms with Crippen molar-refractivity contribution >= 4 is 17.2 Å². The zero-order valence-corrected chi connectivity index (χ0v) is 9.57. The predicted molar refractivity (Wildman–Crippen MR) is 59.9 cm³/mol. The average Bonchev–Trinajstić information content (AvgIpc) is 2.60. The highest BCUT2D eigenvalue weighted by Gasteiger charge is 2.10. The van der Waals surface area contributed by atoms with Crippen LogP contribution in [0.15, 0.2) is 11.4 Å². The van der Waals surface area contributed by atoms with Crippen LogP contribution in [-0.4, -0.2) is 25.5 Å². The third-order valence-electron chi connectivity index (χ3n) is 2.13. The first-order chi connectivity index (χ1) is 6.65. The summed E-state index contributed by atoms with van der Waals surface area (Å²) in [7, 11) is 1.88. The molecule has 0 saturated carbocycles. The maximum Gasteiger partial charge on any atom is 0.261 e. The first-order valence-corrected chi connectivity index (χ1v) is 5.52. The van der Waals surface area contributed by atoms with Gasteiger partial charge >= 0.3 is 0 Å². The fourth-order valence-corrected chi connectivity index (χ4v) is 1.87. The zero-order valence-electron chi connectivity index (χ0n) is 8.76. The van der Waals surface area contributed by atoms with E-state index in [9.17, 15) is 4.79 Å². The lowest BCUT2D eigenvalue weighted by atomic mass is 10.2. The molecule has 4 heteroatoms. The highest BCUT2D eigenvalue weighted by Crippen LogP contribution is 2.14. The fraction of sp³-hybridized carbons (Fsp3) is 0.500. The van der Waals surface area contributed by atoms with Crippen molar-refractivity contribution in [3.05, 3.63) is 21.9 Å². The van der Waals surface area contributed by atoms with E-state index in [-0.39, 0.29) is 5.91 Å².